The molecule has 2 fully saturated rings. The molecule has 1 spiro atoms. The lowest BCUT2D eigenvalue weighted by Crippen LogP contribution is -2.72. The molecule has 1 unspecified atom stereocenters. The summed E-state index contributed by atoms with van der Waals surface area (Å²) < 4.78 is 20.2. The number of fused-ring (bicyclic) bond motifs is 2. The maximum absolute atomic E-state index is 14.5. The topological polar surface area (TPSA) is 99.1 Å². The lowest BCUT2D eigenvalue weighted by Gasteiger charge is -2.56. The number of hydrogen-bond donors (Lipinski definition) is 1. The first-order chi connectivity index (χ1) is 18.7. The minimum absolute atomic E-state index is 0.0905. The number of allylic oxidation sites excluding steroid dienone is 4. The van der Waals surface area contributed by atoms with Crippen LogP contribution in [0.5, 0.6) is 17.2 Å². The van der Waals surface area contributed by atoms with Crippen LogP contribution in [0, 0.1) is 11.8 Å². The zero-order chi connectivity index (χ0) is 29.0. The van der Waals surface area contributed by atoms with Gasteiger partial charge in [-0.05, 0) is 79.0 Å². The van der Waals surface area contributed by atoms with E-state index in [-0.39, 0.29) is 41.0 Å². The van der Waals surface area contributed by atoms with Crippen LogP contribution in [0.4, 0.5) is 0 Å². The smallest absolute Gasteiger partial charge is 0.200 e. The minimum atomic E-state index is -1.49. The molecule has 3 heterocycles. The second-order valence-corrected chi connectivity index (χ2v) is 13.1. The SMILES string of the molecule is CC(C)=CCc1c2c(c(O)c3c1OC14C(=C[C@@H]5C[C@H]1C(C)(C)O[C@]4(C/C=C(/C)C=O)C5=O)C3=O)C=CC(C)(C)O2. The summed E-state index contributed by atoms with van der Waals surface area (Å²) in [5, 5.41) is 11.5. The second-order valence-electron chi connectivity index (χ2n) is 13.1. The summed E-state index contributed by atoms with van der Waals surface area (Å²) in [5.74, 6) is -0.814. The molecule has 1 saturated heterocycles. The van der Waals surface area contributed by atoms with Crippen molar-refractivity contribution in [3.8, 4) is 17.2 Å². The van der Waals surface area contributed by atoms with Crippen molar-refractivity contribution in [1.82, 2.24) is 0 Å². The Kier molecular flexibility index (Phi) is 5.54. The molecule has 210 valence electrons. The van der Waals surface area contributed by atoms with Gasteiger partial charge in [0.2, 0.25) is 0 Å². The average Bonchev–Trinajstić information content (AvgIpc) is 3.03. The molecular weight excluding hydrogens is 508 g/mol. The van der Waals surface area contributed by atoms with Crippen LogP contribution in [0.3, 0.4) is 0 Å². The lowest BCUT2D eigenvalue weighted by molar-refractivity contribution is -0.171. The number of benzene rings is 1. The van der Waals surface area contributed by atoms with Gasteiger partial charge < -0.3 is 19.3 Å². The van der Waals surface area contributed by atoms with E-state index >= 15 is 0 Å². The standard InChI is InChI=1S/C33H36O7/c1-17(2)8-9-21-27-20(11-12-30(4,5)38-27)25(35)24-26(36)22-14-19-15-23-31(6,7)40-32(29(19)37,13-10-18(3)16-34)33(22,23)39-28(21)24/h8,10-12,14,16,19,23,35H,9,13,15H2,1-7H3/b18-10-/t19-,23+,32-,33?/m1/s1. The monoisotopic (exact) mass is 544 g/mol. The molecule has 3 aliphatic heterocycles. The van der Waals surface area contributed by atoms with Crippen LogP contribution < -0.4 is 9.47 Å². The minimum Gasteiger partial charge on any atom is -0.506 e. The molecule has 0 amide bonds. The third kappa shape index (κ3) is 3.30. The highest BCUT2D eigenvalue weighted by Crippen LogP contribution is 2.68. The summed E-state index contributed by atoms with van der Waals surface area (Å²) in [4.78, 5) is 40.1. The van der Waals surface area contributed by atoms with Crippen LogP contribution >= 0.6 is 0 Å². The zero-order valence-electron chi connectivity index (χ0n) is 24.1. The third-order valence-corrected chi connectivity index (χ3v) is 9.23. The Morgan fingerprint density at radius 3 is 2.48 bits per heavy atom. The van der Waals surface area contributed by atoms with Gasteiger partial charge in [-0.3, -0.25) is 14.4 Å². The van der Waals surface area contributed by atoms with Gasteiger partial charge in [0.25, 0.3) is 0 Å². The van der Waals surface area contributed by atoms with Crippen LogP contribution in [0.2, 0.25) is 0 Å². The van der Waals surface area contributed by atoms with Crippen molar-refractivity contribution in [1.29, 1.82) is 0 Å². The Labute approximate surface area is 234 Å². The van der Waals surface area contributed by atoms with Gasteiger partial charge in [0.1, 0.15) is 34.7 Å². The van der Waals surface area contributed by atoms with Crippen molar-refractivity contribution in [2.75, 3.05) is 0 Å². The molecule has 7 nitrogen and oxygen atoms in total. The number of aromatic hydroxyl groups is 1. The molecule has 7 heteroatoms. The Hall–Kier alpha value is -3.45. The quantitative estimate of drug-likeness (QED) is 0.292. The van der Waals surface area contributed by atoms with E-state index in [4.69, 9.17) is 14.2 Å². The van der Waals surface area contributed by atoms with E-state index in [0.717, 1.165) is 11.9 Å². The first-order valence-corrected chi connectivity index (χ1v) is 13.9. The zero-order valence-corrected chi connectivity index (χ0v) is 24.1. The normalized spacial score (nSPS) is 31.9. The van der Waals surface area contributed by atoms with Gasteiger partial charge in [0.15, 0.2) is 22.8 Å². The first kappa shape index (κ1) is 26.8. The van der Waals surface area contributed by atoms with Crippen molar-refractivity contribution in [3.63, 3.8) is 0 Å². The molecule has 4 bridgehead atoms. The Balaban J connectivity index is 1.67. The van der Waals surface area contributed by atoms with E-state index in [1.54, 1.807) is 25.2 Å². The van der Waals surface area contributed by atoms with Gasteiger partial charge in [-0.15, -0.1) is 0 Å². The summed E-state index contributed by atoms with van der Waals surface area (Å²) in [6.45, 7) is 13.4. The number of ketones is 2. The fourth-order valence-electron chi connectivity index (χ4n) is 7.41. The molecule has 1 N–H and O–H groups in total. The molecule has 1 saturated carbocycles. The number of aldehydes is 1. The fraction of sp³-hybridized carbons (Fsp3) is 0.485. The number of phenolic OH excluding ortho intramolecular Hbond substituents is 1. The molecule has 1 aromatic rings. The van der Waals surface area contributed by atoms with E-state index in [1.165, 1.54) is 0 Å². The molecule has 6 aliphatic rings. The van der Waals surface area contributed by atoms with Crippen molar-refractivity contribution < 1.29 is 33.7 Å². The predicted octanol–water partition coefficient (Wildman–Crippen LogP) is 5.63. The summed E-state index contributed by atoms with van der Waals surface area (Å²) in [5.41, 5.74) is -1.26. The fourth-order valence-corrected chi connectivity index (χ4v) is 7.41. The number of ether oxygens (including phenoxy) is 3. The Morgan fingerprint density at radius 1 is 1.07 bits per heavy atom. The summed E-state index contributed by atoms with van der Waals surface area (Å²) in [6.07, 6.45) is 10.8. The molecule has 3 aliphatic carbocycles. The number of Topliss-reactive ketones (excluding diaryl/α,β-unsaturated/α-hetero) is 2. The second kappa shape index (κ2) is 8.29. The highest BCUT2D eigenvalue weighted by Gasteiger charge is 2.81. The van der Waals surface area contributed by atoms with E-state index in [9.17, 15) is 19.5 Å². The highest BCUT2D eigenvalue weighted by molar-refractivity contribution is 6.19. The van der Waals surface area contributed by atoms with Gasteiger partial charge in [0.05, 0.1) is 11.2 Å². The van der Waals surface area contributed by atoms with Crippen LogP contribution in [-0.4, -0.2) is 45.4 Å². The maximum atomic E-state index is 14.5. The van der Waals surface area contributed by atoms with E-state index in [2.05, 4.69) is 0 Å². The summed E-state index contributed by atoms with van der Waals surface area (Å²) in [6, 6.07) is 0. The van der Waals surface area contributed by atoms with Crippen molar-refractivity contribution in [2.45, 2.75) is 90.1 Å². The summed E-state index contributed by atoms with van der Waals surface area (Å²) in [7, 11) is 0. The third-order valence-electron chi connectivity index (χ3n) is 9.23. The largest absolute Gasteiger partial charge is 0.506 e. The average molecular weight is 545 g/mol. The van der Waals surface area contributed by atoms with Crippen molar-refractivity contribution in [3.05, 3.63) is 57.7 Å². The van der Waals surface area contributed by atoms with Crippen LogP contribution in [0.15, 0.2) is 41.0 Å². The lowest BCUT2D eigenvalue weighted by atomic mass is 9.51. The van der Waals surface area contributed by atoms with E-state index in [1.807, 2.05) is 53.7 Å². The van der Waals surface area contributed by atoms with Gasteiger partial charge >= 0.3 is 0 Å². The Morgan fingerprint density at radius 2 is 1.80 bits per heavy atom. The Bertz CT molecular complexity index is 1510. The van der Waals surface area contributed by atoms with Crippen molar-refractivity contribution in [2.24, 2.45) is 11.8 Å². The predicted molar refractivity (Wildman–Crippen MR) is 150 cm³/mol. The molecular formula is C33H36O7. The number of rotatable bonds is 5. The molecule has 40 heavy (non-hydrogen) atoms. The molecule has 0 aromatic heterocycles. The molecule has 1 aromatic carbocycles. The molecule has 7 rings (SSSR count). The first-order valence-electron chi connectivity index (χ1n) is 13.9. The van der Waals surface area contributed by atoms with Gasteiger partial charge in [-0.25, -0.2) is 0 Å². The number of hydrogen-bond acceptors (Lipinski definition) is 7. The van der Waals surface area contributed by atoms with Crippen LogP contribution in [0.1, 0.15) is 82.8 Å². The number of phenols is 1. The van der Waals surface area contributed by atoms with Gasteiger partial charge in [0, 0.05) is 29.4 Å². The molecule has 4 atom stereocenters. The number of carbonyl (C=O) groups is 3. The van der Waals surface area contributed by atoms with Crippen LogP contribution in [0.25, 0.3) is 6.08 Å². The van der Waals surface area contributed by atoms with Crippen LogP contribution in [-0.2, 0) is 20.7 Å². The van der Waals surface area contributed by atoms with E-state index in [0.29, 0.717) is 40.9 Å². The van der Waals surface area contributed by atoms with Crippen molar-refractivity contribution >= 4 is 23.9 Å². The van der Waals surface area contributed by atoms with Gasteiger partial charge in [-0.1, -0.05) is 23.8 Å². The number of carbonyl (C=O) groups excluding carboxylic acids is 3. The maximum Gasteiger partial charge on any atom is 0.200 e. The van der Waals surface area contributed by atoms with E-state index < -0.39 is 28.3 Å². The summed E-state index contributed by atoms with van der Waals surface area (Å²) >= 11 is 0. The van der Waals surface area contributed by atoms with Gasteiger partial charge in [-0.2, -0.15) is 0 Å². The molecule has 0 radical (unpaired) electrons. The highest BCUT2D eigenvalue weighted by atomic mass is 16.6.